The lowest BCUT2D eigenvalue weighted by molar-refractivity contribution is -0.142. The van der Waals surface area contributed by atoms with Crippen LogP contribution in [0.3, 0.4) is 0 Å². The number of likely N-dealkylation sites (tertiary alicyclic amines) is 1. The standard InChI is InChI=1S/C22H27N3O3/c1-2-23-21(27)22(11-6-12-25(15-22)20(26)17-9-10-17)14-18-13-19(24-28-18)16-7-4-3-5-8-16/h3-5,7-8,13,17H,2,6,9-12,14-15H2,1H3,(H,23,27)/t22-/m0/s1. The van der Waals surface area contributed by atoms with Crippen molar-refractivity contribution in [2.24, 2.45) is 11.3 Å². The summed E-state index contributed by atoms with van der Waals surface area (Å²) in [6.07, 6.45) is 3.98. The van der Waals surface area contributed by atoms with E-state index in [4.69, 9.17) is 4.52 Å². The number of nitrogens with zero attached hydrogens (tertiary/aromatic N) is 2. The SMILES string of the molecule is CCNC(=O)[C@]1(Cc2cc(-c3ccccc3)no2)CCCN(C(=O)C2CC2)C1. The molecular weight excluding hydrogens is 354 g/mol. The van der Waals surface area contributed by atoms with E-state index in [9.17, 15) is 9.59 Å². The zero-order valence-corrected chi connectivity index (χ0v) is 16.3. The molecule has 148 valence electrons. The van der Waals surface area contributed by atoms with E-state index in [1.165, 1.54) is 0 Å². The molecule has 4 rings (SSSR count). The van der Waals surface area contributed by atoms with Crippen molar-refractivity contribution in [2.45, 2.75) is 39.0 Å². The maximum Gasteiger partial charge on any atom is 0.228 e. The number of rotatable bonds is 6. The van der Waals surface area contributed by atoms with Gasteiger partial charge in [-0.2, -0.15) is 0 Å². The fourth-order valence-electron chi connectivity index (χ4n) is 4.14. The van der Waals surface area contributed by atoms with Crippen molar-refractivity contribution in [1.29, 1.82) is 0 Å². The third kappa shape index (κ3) is 3.81. The molecule has 1 saturated heterocycles. The van der Waals surface area contributed by atoms with Crippen molar-refractivity contribution >= 4 is 11.8 Å². The summed E-state index contributed by atoms with van der Waals surface area (Å²) in [7, 11) is 0. The summed E-state index contributed by atoms with van der Waals surface area (Å²) in [6, 6.07) is 11.8. The molecule has 2 heterocycles. The number of nitrogens with one attached hydrogen (secondary N) is 1. The second-order valence-corrected chi connectivity index (χ2v) is 8.00. The number of hydrogen-bond acceptors (Lipinski definition) is 4. The van der Waals surface area contributed by atoms with Gasteiger partial charge in [-0.1, -0.05) is 35.5 Å². The summed E-state index contributed by atoms with van der Waals surface area (Å²) < 4.78 is 5.60. The van der Waals surface area contributed by atoms with Crippen molar-refractivity contribution < 1.29 is 14.1 Å². The molecule has 1 aromatic carbocycles. The van der Waals surface area contributed by atoms with Crippen LogP contribution in [-0.2, 0) is 16.0 Å². The van der Waals surface area contributed by atoms with Crippen LogP contribution in [0.15, 0.2) is 40.9 Å². The average molecular weight is 381 g/mol. The first kappa shape index (κ1) is 18.7. The minimum atomic E-state index is -0.660. The third-order valence-corrected chi connectivity index (χ3v) is 5.78. The van der Waals surface area contributed by atoms with Gasteiger partial charge < -0.3 is 14.7 Å². The first-order chi connectivity index (χ1) is 13.6. The molecule has 6 nitrogen and oxygen atoms in total. The van der Waals surface area contributed by atoms with E-state index in [1.807, 2.05) is 48.2 Å². The van der Waals surface area contributed by atoms with E-state index in [0.29, 0.717) is 25.3 Å². The summed E-state index contributed by atoms with van der Waals surface area (Å²) in [5.74, 6) is 1.06. The molecule has 0 unspecified atom stereocenters. The summed E-state index contributed by atoms with van der Waals surface area (Å²) >= 11 is 0. The topological polar surface area (TPSA) is 75.4 Å². The highest BCUT2D eigenvalue weighted by Gasteiger charge is 2.46. The molecule has 28 heavy (non-hydrogen) atoms. The lowest BCUT2D eigenvalue weighted by Crippen LogP contribution is -2.54. The zero-order chi connectivity index (χ0) is 19.6. The molecule has 1 aromatic heterocycles. The molecular formula is C22H27N3O3. The third-order valence-electron chi connectivity index (χ3n) is 5.78. The Morgan fingerprint density at radius 2 is 2.07 bits per heavy atom. The van der Waals surface area contributed by atoms with E-state index < -0.39 is 5.41 Å². The predicted octanol–water partition coefficient (Wildman–Crippen LogP) is 3.04. The van der Waals surface area contributed by atoms with Crippen LogP contribution in [-0.4, -0.2) is 41.5 Å². The van der Waals surface area contributed by atoms with Gasteiger partial charge in [0.15, 0.2) is 0 Å². The predicted molar refractivity (Wildman–Crippen MR) is 105 cm³/mol. The Bertz CT molecular complexity index is 844. The van der Waals surface area contributed by atoms with E-state index in [0.717, 1.165) is 43.5 Å². The van der Waals surface area contributed by atoms with E-state index in [-0.39, 0.29) is 17.7 Å². The second-order valence-electron chi connectivity index (χ2n) is 8.00. The fraction of sp³-hybridized carbons (Fsp3) is 0.500. The molecule has 1 aliphatic carbocycles. The van der Waals surface area contributed by atoms with Crippen LogP contribution in [0.2, 0.25) is 0 Å². The molecule has 2 amide bonds. The van der Waals surface area contributed by atoms with Gasteiger partial charge in [0.2, 0.25) is 11.8 Å². The Labute approximate surface area is 165 Å². The van der Waals surface area contributed by atoms with Crippen LogP contribution in [0.4, 0.5) is 0 Å². The minimum Gasteiger partial charge on any atom is -0.361 e. The lowest BCUT2D eigenvalue weighted by atomic mass is 9.75. The number of carbonyl (C=O) groups excluding carboxylic acids is 2. The molecule has 0 radical (unpaired) electrons. The van der Waals surface area contributed by atoms with Crippen molar-refractivity contribution in [3.63, 3.8) is 0 Å². The Morgan fingerprint density at radius 1 is 1.29 bits per heavy atom. The van der Waals surface area contributed by atoms with Gasteiger partial charge in [0.25, 0.3) is 0 Å². The Kier molecular flexibility index (Phi) is 5.20. The molecule has 2 aromatic rings. The second kappa shape index (κ2) is 7.78. The number of carbonyl (C=O) groups is 2. The Balaban J connectivity index is 1.57. The van der Waals surface area contributed by atoms with Crippen molar-refractivity contribution in [3.05, 3.63) is 42.2 Å². The molecule has 2 aliphatic rings. The highest BCUT2D eigenvalue weighted by atomic mass is 16.5. The zero-order valence-electron chi connectivity index (χ0n) is 16.3. The first-order valence-electron chi connectivity index (χ1n) is 10.2. The largest absolute Gasteiger partial charge is 0.361 e. The summed E-state index contributed by atoms with van der Waals surface area (Å²) in [5.41, 5.74) is 1.09. The van der Waals surface area contributed by atoms with Crippen molar-refractivity contribution in [1.82, 2.24) is 15.4 Å². The fourth-order valence-corrected chi connectivity index (χ4v) is 4.14. The monoisotopic (exact) mass is 381 g/mol. The normalized spacial score (nSPS) is 22.1. The number of aromatic nitrogens is 1. The average Bonchev–Trinajstić information content (AvgIpc) is 3.47. The van der Waals surface area contributed by atoms with Gasteiger partial charge in [0.1, 0.15) is 11.5 Å². The molecule has 1 N–H and O–H groups in total. The number of benzene rings is 1. The number of amides is 2. The number of piperidine rings is 1. The highest BCUT2D eigenvalue weighted by molar-refractivity contribution is 5.86. The lowest BCUT2D eigenvalue weighted by Gasteiger charge is -2.41. The molecule has 1 saturated carbocycles. The maximum absolute atomic E-state index is 13.0. The van der Waals surface area contributed by atoms with Gasteiger partial charge in [-0.3, -0.25) is 9.59 Å². The molecule has 1 atom stereocenters. The van der Waals surface area contributed by atoms with Gasteiger partial charge in [0.05, 0.1) is 5.41 Å². The number of hydrogen-bond donors (Lipinski definition) is 1. The minimum absolute atomic E-state index is 0.000887. The Morgan fingerprint density at radius 3 is 2.79 bits per heavy atom. The maximum atomic E-state index is 13.0. The van der Waals surface area contributed by atoms with Crippen LogP contribution in [0.25, 0.3) is 11.3 Å². The first-order valence-corrected chi connectivity index (χ1v) is 10.2. The Hall–Kier alpha value is -2.63. The molecule has 1 aliphatic heterocycles. The molecule has 2 fully saturated rings. The van der Waals surface area contributed by atoms with Crippen LogP contribution < -0.4 is 5.32 Å². The van der Waals surface area contributed by atoms with E-state index in [1.54, 1.807) is 0 Å². The summed E-state index contributed by atoms with van der Waals surface area (Å²) in [4.78, 5) is 27.6. The van der Waals surface area contributed by atoms with Crippen LogP contribution in [0.1, 0.15) is 38.4 Å². The van der Waals surface area contributed by atoms with Crippen molar-refractivity contribution in [2.75, 3.05) is 19.6 Å². The quantitative estimate of drug-likeness (QED) is 0.834. The van der Waals surface area contributed by atoms with E-state index in [2.05, 4.69) is 10.5 Å². The van der Waals surface area contributed by atoms with E-state index >= 15 is 0 Å². The van der Waals surface area contributed by atoms with Gasteiger partial charge in [0, 0.05) is 43.6 Å². The van der Waals surface area contributed by atoms with Crippen LogP contribution >= 0.6 is 0 Å². The van der Waals surface area contributed by atoms with Crippen LogP contribution in [0, 0.1) is 11.3 Å². The summed E-state index contributed by atoms with van der Waals surface area (Å²) in [6.45, 7) is 3.68. The smallest absolute Gasteiger partial charge is 0.228 e. The van der Waals surface area contributed by atoms with Crippen molar-refractivity contribution in [3.8, 4) is 11.3 Å². The molecule has 6 heteroatoms. The highest BCUT2D eigenvalue weighted by Crippen LogP contribution is 2.38. The van der Waals surface area contributed by atoms with Gasteiger partial charge in [-0.15, -0.1) is 0 Å². The van der Waals surface area contributed by atoms with Crippen LogP contribution in [0.5, 0.6) is 0 Å². The molecule has 0 spiro atoms. The molecule has 0 bridgehead atoms. The van der Waals surface area contributed by atoms with Gasteiger partial charge >= 0.3 is 0 Å². The summed E-state index contributed by atoms with van der Waals surface area (Å²) in [5, 5.41) is 7.17. The van der Waals surface area contributed by atoms with Gasteiger partial charge in [-0.05, 0) is 32.6 Å². The van der Waals surface area contributed by atoms with Gasteiger partial charge in [-0.25, -0.2) is 0 Å².